The molecule has 0 aromatic heterocycles. The first-order valence-electron chi connectivity index (χ1n) is 7.26. The smallest absolute Gasteiger partial charge is 0.339 e. The molecule has 2 aromatic carbocycles. The Balaban J connectivity index is 2.48. The van der Waals surface area contributed by atoms with Gasteiger partial charge in [0.2, 0.25) is 6.41 Å². The van der Waals surface area contributed by atoms with E-state index in [9.17, 15) is 22.4 Å². The molecule has 2 nitrogen and oxygen atoms in total. The number of alkyl halides is 4. The fourth-order valence-electron chi connectivity index (χ4n) is 2.34. The molecule has 0 fully saturated rings. The molecule has 6 heteroatoms. The van der Waals surface area contributed by atoms with Crippen molar-refractivity contribution in [2.75, 3.05) is 0 Å². The first-order valence-corrected chi connectivity index (χ1v) is 7.26. The SMILES string of the molecule is CC(C)(NC=O)c1cccc(C(F)(F)C(F)(F)c2ccccc2)c1. The maximum Gasteiger partial charge on any atom is 0.339 e. The quantitative estimate of drug-likeness (QED) is 0.607. The summed E-state index contributed by atoms with van der Waals surface area (Å²) in [6, 6.07) is 10.7. The number of rotatable bonds is 6. The molecule has 0 atom stereocenters. The third kappa shape index (κ3) is 3.13. The van der Waals surface area contributed by atoms with Gasteiger partial charge < -0.3 is 5.32 Å². The van der Waals surface area contributed by atoms with Gasteiger partial charge in [0.1, 0.15) is 0 Å². The van der Waals surface area contributed by atoms with Crippen LogP contribution >= 0.6 is 0 Å². The lowest BCUT2D eigenvalue weighted by Gasteiger charge is -2.29. The number of hydrogen-bond acceptors (Lipinski definition) is 1. The van der Waals surface area contributed by atoms with Gasteiger partial charge in [0, 0.05) is 11.1 Å². The highest BCUT2D eigenvalue weighted by atomic mass is 19.3. The molecule has 0 aliphatic rings. The molecular weight excluding hydrogens is 322 g/mol. The fraction of sp³-hybridized carbons (Fsp3) is 0.278. The van der Waals surface area contributed by atoms with Crippen molar-refractivity contribution in [3.05, 3.63) is 71.3 Å². The van der Waals surface area contributed by atoms with Crippen LogP contribution in [0.25, 0.3) is 0 Å². The minimum absolute atomic E-state index is 0.302. The summed E-state index contributed by atoms with van der Waals surface area (Å²) in [7, 11) is 0. The molecule has 0 heterocycles. The van der Waals surface area contributed by atoms with Crippen LogP contribution in [0.4, 0.5) is 17.6 Å². The van der Waals surface area contributed by atoms with Crippen LogP contribution < -0.4 is 5.32 Å². The highest BCUT2D eigenvalue weighted by molar-refractivity contribution is 5.49. The first kappa shape index (κ1) is 18.0. The average molecular weight is 339 g/mol. The van der Waals surface area contributed by atoms with Crippen LogP contribution in [0.5, 0.6) is 0 Å². The minimum Gasteiger partial charge on any atom is -0.350 e. The zero-order valence-corrected chi connectivity index (χ0v) is 13.2. The highest BCUT2D eigenvalue weighted by Gasteiger charge is 2.58. The van der Waals surface area contributed by atoms with Crippen molar-refractivity contribution in [1.82, 2.24) is 5.32 Å². The van der Waals surface area contributed by atoms with Crippen molar-refractivity contribution in [2.24, 2.45) is 0 Å². The molecule has 24 heavy (non-hydrogen) atoms. The average Bonchev–Trinajstić information content (AvgIpc) is 2.55. The van der Waals surface area contributed by atoms with Gasteiger partial charge in [0.05, 0.1) is 5.54 Å². The van der Waals surface area contributed by atoms with E-state index >= 15 is 0 Å². The lowest BCUT2D eigenvalue weighted by Crippen LogP contribution is -2.38. The Hall–Kier alpha value is -2.37. The fourth-order valence-corrected chi connectivity index (χ4v) is 2.34. The van der Waals surface area contributed by atoms with Gasteiger partial charge in [-0.05, 0) is 25.5 Å². The molecule has 2 aromatic rings. The van der Waals surface area contributed by atoms with Gasteiger partial charge in [-0.15, -0.1) is 0 Å². The molecule has 0 bridgehead atoms. The summed E-state index contributed by atoms with van der Waals surface area (Å²) in [6.07, 6.45) is 0.434. The van der Waals surface area contributed by atoms with Gasteiger partial charge >= 0.3 is 11.8 Å². The molecule has 0 aliphatic carbocycles. The summed E-state index contributed by atoms with van der Waals surface area (Å²) in [5.74, 6) is -8.77. The van der Waals surface area contributed by atoms with Crippen LogP contribution in [-0.2, 0) is 22.2 Å². The maximum atomic E-state index is 14.5. The van der Waals surface area contributed by atoms with Crippen LogP contribution in [0.2, 0.25) is 0 Å². The van der Waals surface area contributed by atoms with Crippen LogP contribution in [0.15, 0.2) is 54.6 Å². The predicted octanol–water partition coefficient (Wildman–Crippen LogP) is 4.55. The molecule has 0 saturated carbocycles. The molecular formula is C18H17F4NO. The molecule has 0 saturated heterocycles. The summed E-state index contributed by atoms with van der Waals surface area (Å²) in [5.41, 5.74) is -2.23. The van der Waals surface area contributed by atoms with E-state index in [0.29, 0.717) is 12.0 Å². The number of carbonyl (C=O) groups excluding carboxylic acids is 1. The maximum absolute atomic E-state index is 14.5. The lowest BCUT2D eigenvalue weighted by molar-refractivity contribution is -0.223. The summed E-state index contributed by atoms with van der Waals surface area (Å²) >= 11 is 0. The summed E-state index contributed by atoms with van der Waals surface area (Å²) in [5, 5.41) is 2.47. The number of benzene rings is 2. The van der Waals surface area contributed by atoms with Crippen LogP contribution in [0.3, 0.4) is 0 Å². The van der Waals surface area contributed by atoms with Gasteiger partial charge in [-0.1, -0.05) is 48.5 Å². The van der Waals surface area contributed by atoms with Crippen molar-refractivity contribution in [3.63, 3.8) is 0 Å². The third-order valence-corrected chi connectivity index (χ3v) is 3.90. The molecule has 0 unspecified atom stereocenters. The van der Waals surface area contributed by atoms with E-state index in [1.54, 1.807) is 13.8 Å². The zero-order chi connectivity index (χ0) is 18.0. The number of carbonyl (C=O) groups is 1. The largest absolute Gasteiger partial charge is 0.350 e. The zero-order valence-electron chi connectivity index (χ0n) is 13.2. The molecule has 0 aliphatic heterocycles. The number of amides is 1. The lowest BCUT2D eigenvalue weighted by atomic mass is 9.89. The summed E-state index contributed by atoms with van der Waals surface area (Å²) in [4.78, 5) is 10.6. The number of halogens is 4. The van der Waals surface area contributed by atoms with E-state index in [4.69, 9.17) is 0 Å². The second-order valence-electron chi connectivity index (χ2n) is 5.98. The minimum atomic E-state index is -4.40. The van der Waals surface area contributed by atoms with Crippen molar-refractivity contribution in [3.8, 4) is 0 Å². The van der Waals surface area contributed by atoms with Crippen molar-refractivity contribution >= 4 is 6.41 Å². The first-order chi connectivity index (χ1) is 11.1. The Labute approximate surface area is 137 Å². The number of nitrogens with one attached hydrogen (secondary N) is 1. The van der Waals surface area contributed by atoms with Gasteiger partial charge in [0.15, 0.2) is 0 Å². The van der Waals surface area contributed by atoms with Gasteiger partial charge in [-0.3, -0.25) is 4.79 Å². The van der Waals surface area contributed by atoms with Gasteiger partial charge in [0.25, 0.3) is 0 Å². The summed E-state index contributed by atoms with van der Waals surface area (Å²) < 4.78 is 57.8. The summed E-state index contributed by atoms with van der Waals surface area (Å²) in [6.45, 7) is 3.18. The van der Waals surface area contributed by atoms with Crippen LogP contribution in [-0.4, -0.2) is 6.41 Å². The Morgan fingerprint density at radius 1 is 0.792 bits per heavy atom. The number of hydrogen-bond donors (Lipinski definition) is 1. The highest BCUT2D eigenvalue weighted by Crippen LogP contribution is 2.49. The van der Waals surface area contributed by atoms with Crippen molar-refractivity contribution in [2.45, 2.75) is 31.2 Å². The molecule has 1 amide bonds. The van der Waals surface area contributed by atoms with E-state index in [2.05, 4.69) is 5.32 Å². The van der Waals surface area contributed by atoms with Crippen molar-refractivity contribution in [1.29, 1.82) is 0 Å². The predicted molar refractivity (Wildman–Crippen MR) is 82.9 cm³/mol. The van der Waals surface area contributed by atoms with Crippen LogP contribution in [0.1, 0.15) is 30.5 Å². The van der Waals surface area contributed by atoms with Gasteiger partial charge in [-0.25, -0.2) is 0 Å². The normalized spacial score (nSPS) is 12.8. The van der Waals surface area contributed by atoms with Crippen molar-refractivity contribution < 1.29 is 22.4 Å². The second-order valence-corrected chi connectivity index (χ2v) is 5.98. The molecule has 1 N–H and O–H groups in total. The Bertz CT molecular complexity index is 714. The molecule has 0 spiro atoms. The van der Waals surface area contributed by atoms with Crippen LogP contribution in [0, 0.1) is 0 Å². The molecule has 128 valence electrons. The Morgan fingerprint density at radius 2 is 1.29 bits per heavy atom. The van der Waals surface area contributed by atoms with E-state index in [0.717, 1.165) is 24.3 Å². The molecule has 0 radical (unpaired) electrons. The third-order valence-electron chi connectivity index (χ3n) is 3.90. The van der Waals surface area contributed by atoms with E-state index in [1.165, 1.54) is 30.3 Å². The monoisotopic (exact) mass is 339 g/mol. The Morgan fingerprint density at radius 3 is 1.88 bits per heavy atom. The Kier molecular flexibility index (Phi) is 4.69. The second kappa shape index (κ2) is 6.26. The topological polar surface area (TPSA) is 29.1 Å². The van der Waals surface area contributed by atoms with Gasteiger partial charge in [-0.2, -0.15) is 17.6 Å². The molecule has 2 rings (SSSR count). The van der Waals surface area contributed by atoms with E-state index in [1.807, 2.05) is 0 Å². The van der Waals surface area contributed by atoms with E-state index < -0.39 is 28.5 Å². The van der Waals surface area contributed by atoms with E-state index in [-0.39, 0.29) is 0 Å². The standard InChI is InChI=1S/C18H17F4NO/c1-16(2,23-12-24)14-9-6-10-15(11-14)18(21,22)17(19,20)13-7-4-3-5-8-13/h3-12H,1-2H3,(H,23,24).